The molecule has 0 unspecified atom stereocenters. The van der Waals surface area contributed by atoms with E-state index >= 15 is 0 Å². The average molecular weight is 423 g/mol. The lowest BCUT2D eigenvalue weighted by Gasteiger charge is -2.08. The van der Waals surface area contributed by atoms with Crippen LogP contribution in [0.3, 0.4) is 0 Å². The number of sulfonamides is 1. The number of benzene rings is 1. The van der Waals surface area contributed by atoms with E-state index in [0.717, 1.165) is 4.52 Å². The lowest BCUT2D eigenvalue weighted by molar-refractivity contribution is 0.302. The second kappa shape index (κ2) is 6.83. The van der Waals surface area contributed by atoms with Crippen molar-refractivity contribution in [2.75, 3.05) is 11.3 Å². The number of hydrogen-bond acceptors (Lipinski definition) is 6. The second-order valence-electron chi connectivity index (χ2n) is 4.66. The highest BCUT2D eigenvalue weighted by atomic mass is 35.5. The van der Waals surface area contributed by atoms with Gasteiger partial charge in [-0.05, 0) is 19.1 Å². The third-order valence-corrected chi connectivity index (χ3v) is 4.91. The highest BCUT2D eigenvalue weighted by Gasteiger charge is 2.24. The van der Waals surface area contributed by atoms with Gasteiger partial charge in [-0.3, -0.25) is 4.72 Å². The van der Waals surface area contributed by atoms with Gasteiger partial charge in [-0.2, -0.15) is 22.9 Å². The molecule has 2 aromatic heterocycles. The fourth-order valence-electron chi connectivity index (χ4n) is 1.93. The Morgan fingerprint density at radius 1 is 1.20 bits per heavy atom. The highest BCUT2D eigenvalue weighted by Crippen LogP contribution is 2.31. The maximum atomic E-state index is 12.6. The molecule has 132 valence electrons. The Morgan fingerprint density at radius 2 is 1.88 bits per heavy atom. The lowest BCUT2D eigenvalue weighted by atomic mass is 10.3. The van der Waals surface area contributed by atoms with Gasteiger partial charge in [0.2, 0.25) is 0 Å². The Balaban J connectivity index is 2.07. The molecule has 0 saturated carbocycles. The van der Waals surface area contributed by atoms with Crippen LogP contribution in [0.4, 0.5) is 5.69 Å². The Morgan fingerprint density at radius 3 is 2.52 bits per heavy atom. The minimum Gasteiger partial charge on any atom is -0.464 e. The summed E-state index contributed by atoms with van der Waals surface area (Å²) < 4.78 is 33.8. The van der Waals surface area contributed by atoms with E-state index in [4.69, 9.17) is 39.5 Å². The molecule has 0 amide bonds. The first-order valence-electron chi connectivity index (χ1n) is 6.85. The zero-order valence-electron chi connectivity index (χ0n) is 12.6. The predicted octanol–water partition coefficient (Wildman–Crippen LogP) is 3.28. The molecule has 0 spiro atoms. The minimum absolute atomic E-state index is 0.0229. The molecule has 0 fully saturated rings. The maximum absolute atomic E-state index is 12.6. The number of para-hydroxylation sites is 1. The fourth-order valence-corrected chi connectivity index (χ4v) is 3.68. The molecule has 3 aromatic rings. The van der Waals surface area contributed by atoms with Crippen molar-refractivity contribution in [2.45, 2.75) is 12.1 Å². The molecule has 0 aliphatic carbocycles. The van der Waals surface area contributed by atoms with E-state index in [-0.39, 0.29) is 39.2 Å². The number of halogens is 3. The maximum Gasteiger partial charge on any atom is 0.321 e. The molecule has 0 aliphatic rings. The molecule has 12 heteroatoms. The van der Waals surface area contributed by atoms with E-state index in [1.165, 1.54) is 18.2 Å². The molecule has 0 atom stereocenters. The first kappa shape index (κ1) is 18.0. The van der Waals surface area contributed by atoms with Gasteiger partial charge in [0.15, 0.2) is 5.65 Å². The summed E-state index contributed by atoms with van der Waals surface area (Å²) in [6, 6.07) is 5.97. The third-order valence-electron chi connectivity index (χ3n) is 2.96. The molecule has 0 bridgehead atoms. The van der Waals surface area contributed by atoms with E-state index in [1.54, 1.807) is 13.0 Å². The molecule has 25 heavy (non-hydrogen) atoms. The fraction of sp³-hybridized carbons (Fsp3) is 0.154. The predicted molar refractivity (Wildman–Crippen MR) is 94.2 cm³/mol. The number of nitrogens with one attached hydrogen (secondary N) is 1. The van der Waals surface area contributed by atoms with Gasteiger partial charge in [0.25, 0.3) is 15.2 Å². The highest BCUT2D eigenvalue weighted by molar-refractivity contribution is 7.92. The van der Waals surface area contributed by atoms with E-state index in [2.05, 4.69) is 19.8 Å². The molecule has 1 N–H and O–H groups in total. The van der Waals surface area contributed by atoms with Crippen LogP contribution in [0.15, 0.2) is 29.4 Å². The van der Waals surface area contributed by atoms with Crippen LogP contribution in [0.5, 0.6) is 6.01 Å². The summed E-state index contributed by atoms with van der Waals surface area (Å²) in [5.74, 6) is 0. The zero-order valence-corrected chi connectivity index (χ0v) is 15.7. The van der Waals surface area contributed by atoms with Gasteiger partial charge in [0.05, 0.1) is 22.3 Å². The molecule has 0 aliphatic heterocycles. The second-order valence-corrected chi connectivity index (χ2v) is 7.44. The summed E-state index contributed by atoms with van der Waals surface area (Å²) in [6.45, 7) is 2.03. The van der Waals surface area contributed by atoms with Gasteiger partial charge in [-0.25, -0.2) is 0 Å². The number of hydrogen-bond donors (Lipinski definition) is 1. The van der Waals surface area contributed by atoms with Gasteiger partial charge >= 0.3 is 6.01 Å². The minimum atomic E-state index is -4.15. The normalized spacial score (nSPS) is 11.7. The SMILES string of the molecule is CCOc1nc(Cl)cc2nc(S(=O)(=O)Nc3c(Cl)cccc3Cl)nn12. The lowest BCUT2D eigenvalue weighted by Crippen LogP contribution is -2.15. The first-order chi connectivity index (χ1) is 11.8. The van der Waals surface area contributed by atoms with Gasteiger partial charge in [0.1, 0.15) is 5.15 Å². The molecule has 0 radical (unpaired) electrons. The van der Waals surface area contributed by atoms with Crippen molar-refractivity contribution in [1.82, 2.24) is 19.6 Å². The Labute approximate surface area is 157 Å². The number of ether oxygens (including phenoxy) is 1. The average Bonchev–Trinajstić information content (AvgIpc) is 2.96. The summed E-state index contributed by atoms with van der Waals surface area (Å²) in [4.78, 5) is 7.90. The molecule has 0 saturated heterocycles. The van der Waals surface area contributed by atoms with Crippen molar-refractivity contribution >= 4 is 56.2 Å². The van der Waals surface area contributed by atoms with Crippen LogP contribution in [0, 0.1) is 0 Å². The summed E-state index contributed by atoms with van der Waals surface area (Å²) in [5, 5.41) is 3.79. The monoisotopic (exact) mass is 421 g/mol. The Bertz CT molecular complexity index is 1030. The Hall–Kier alpha value is -1.81. The summed E-state index contributed by atoms with van der Waals surface area (Å²) in [7, 11) is -4.15. The van der Waals surface area contributed by atoms with Crippen molar-refractivity contribution in [2.24, 2.45) is 0 Å². The molecule has 3 rings (SSSR count). The number of anilines is 1. The van der Waals surface area contributed by atoms with Crippen LogP contribution >= 0.6 is 34.8 Å². The molecular weight excluding hydrogens is 413 g/mol. The third kappa shape index (κ3) is 3.59. The summed E-state index contributed by atoms with van der Waals surface area (Å²) >= 11 is 17.9. The van der Waals surface area contributed by atoms with Gasteiger partial charge in [-0.15, -0.1) is 5.10 Å². The van der Waals surface area contributed by atoms with Gasteiger partial charge < -0.3 is 4.74 Å². The molecule has 8 nitrogen and oxygen atoms in total. The number of nitrogens with zero attached hydrogens (tertiary/aromatic N) is 4. The summed E-state index contributed by atoms with van der Waals surface area (Å²) in [6.07, 6.45) is 0. The summed E-state index contributed by atoms with van der Waals surface area (Å²) in [5.41, 5.74) is 0.194. The topological polar surface area (TPSA) is 98.5 Å². The van der Waals surface area contributed by atoms with Crippen molar-refractivity contribution in [3.8, 4) is 6.01 Å². The molecule has 2 heterocycles. The van der Waals surface area contributed by atoms with Crippen LogP contribution in [0.2, 0.25) is 15.2 Å². The van der Waals surface area contributed by atoms with Gasteiger partial charge in [-0.1, -0.05) is 40.9 Å². The molecular formula is C13H10Cl3N5O3S. The van der Waals surface area contributed by atoms with Crippen LogP contribution in [-0.2, 0) is 10.0 Å². The quantitative estimate of drug-likeness (QED) is 0.634. The van der Waals surface area contributed by atoms with E-state index in [0.29, 0.717) is 0 Å². The first-order valence-corrected chi connectivity index (χ1v) is 9.46. The van der Waals surface area contributed by atoms with Crippen LogP contribution < -0.4 is 9.46 Å². The van der Waals surface area contributed by atoms with E-state index in [1.807, 2.05) is 0 Å². The number of aromatic nitrogens is 4. The van der Waals surface area contributed by atoms with Gasteiger partial charge in [0, 0.05) is 6.07 Å². The van der Waals surface area contributed by atoms with Crippen molar-refractivity contribution in [3.05, 3.63) is 39.5 Å². The molecule has 1 aromatic carbocycles. The standard InChI is InChI=1S/C13H10Cl3N5O3S/c1-2-24-13-17-9(16)6-10-18-12(19-21(10)13)25(22,23)20-11-7(14)4-3-5-8(11)15/h3-6,20H,2H2,1H3. The number of fused-ring (bicyclic) bond motifs is 1. The van der Waals surface area contributed by atoms with Crippen LogP contribution in [0.25, 0.3) is 5.65 Å². The van der Waals surface area contributed by atoms with Crippen LogP contribution in [-0.4, -0.2) is 34.6 Å². The van der Waals surface area contributed by atoms with Crippen molar-refractivity contribution in [1.29, 1.82) is 0 Å². The largest absolute Gasteiger partial charge is 0.464 e. The smallest absolute Gasteiger partial charge is 0.321 e. The van der Waals surface area contributed by atoms with Crippen molar-refractivity contribution in [3.63, 3.8) is 0 Å². The van der Waals surface area contributed by atoms with E-state index < -0.39 is 15.2 Å². The van der Waals surface area contributed by atoms with Crippen LogP contribution in [0.1, 0.15) is 6.92 Å². The number of rotatable bonds is 5. The van der Waals surface area contributed by atoms with E-state index in [9.17, 15) is 8.42 Å². The van der Waals surface area contributed by atoms with Crippen molar-refractivity contribution < 1.29 is 13.2 Å². The zero-order chi connectivity index (χ0) is 18.2. The Kier molecular flexibility index (Phi) is 4.92.